The largest absolute Gasteiger partial charge is 0.112 e. The maximum atomic E-state index is 2.61. The Morgan fingerprint density at radius 1 is 0.762 bits per heavy atom. The molecule has 0 heterocycles. The van der Waals surface area contributed by atoms with Crippen LogP contribution in [0.25, 0.3) is 0 Å². The van der Waals surface area contributed by atoms with Crippen LogP contribution in [0.3, 0.4) is 0 Å². The van der Waals surface area contributed by atoms with Gasteiger partial charge in [-0.1, -0.05) is 71.8 Å². The van der Waals surface area contributed by atoms with Crippen molar-refractivity contribution < 1.29 is 0 Å². The summed E-state index contributed by atoms with van der Waals surface area (Å²) < 4.78 is 0. The summed E-state index contributed by atoms with van der Waals surface area (Å²) in [6, 6.07) is 0. The van der Waals surface area contributed by atoms with Gasteiger partial charge in [0.25, 0.3) is 0 Å². The first-order valence-corrected chi connectivity index (χ1v) is 12.0. The minimum atomic E-state index is -1.47. The van der Waals surface area contributed by atoms with Crippen LogP contribution >= 0.6 is 0 Å². The van der Waals surface area contributed by atoms with E-state index in [2.05, 4.69) is 37.4 Å². The Labute approximate surface area is 130 Å². The molecule has 2 fully saturated rings. The van der Waals surface area contributed by atoms with E-state index in [1.165, 1.54) is 51.4 Å². The lowest BCUT2D eigenvalue weighted by molar-refractivity contribution is 0.523. The topological polar surface area (TPSA) is 0 Å². The molecule has 4 rings (SSSR count). The number of fused-ring (bicyclic) bond motifs is 2. The van der Waals surface area contributed by atoms with Gasteiger partial charge in [-0.2, -0.15) is 0 Å². The van der Waals surface area contributed by atoms with Gasteiger partial charge in [0.1, 0.15) is 8.07 Å². The molecule has 0 N–H and O–H groups in total. The summed E-state index contributed by atoms with van der Waals surface area (Å²) in [5.74, 6) is 1.61. The zero-order valence-corrected chi connectivity index (χ0v) is 14.6. The zero-order valence-electron chi connectivity index (χ0n) is 13.6. The molecule has 0 aromatic heterocycles. The van der Waals surface area contributed by atoms with Gasteiger partial charge in [-0.3, -0.25) is 0 Å². The maximum Gasteiger partial charge on any atom is 0.112 e. The molecule has 0 aliphatic heterocycles. The van der Waals surface area contributed by atoms with E-state index in [4.69, 9.17) is 0 Å². The highest BCUT2D eigenvalue weighted by Crippen LogP contribution is 2.46. The molecule has 0 aromatic carbocycles. The normalized spacial score (nSPS) is 31.9. The van der Waals surface area contributed by atoms with Crippen molar-refractivity contribution in [1.82, 2.24) is 0 Å². The maximum absolute atomic E-state index is 2.61. The van der Waals surface area contributed by atoms with Crippen molar-refractivity contribution in [3.8, 4) is 0 Å². The number of hydrogen-bond donors (Lipinski definition) is 0. The third-order valence-corrected chi connectivity index (χ3v) is 10.0. The van der Waals surface area contributed by atoms with Gasteiger partial charge in [0.2, 0.25) is 0 Å². The van der Waals surface area contributed by atoms with Crippen LogP contribution in [0.2, 0.25) is 13.1 Å². The van der Waals surface area contributed by atoms with Gasteiger partial charge in [0, 0.05) is 0 Å². The lowest BCUT2D eigenvalue weighted by Gasteiger charge is -2.32. The molecular weight excluding hydrogens is 268 g/mol. The van der Waals surface area contributed by atoms with Crippen LogP contribution in [0, 0.1) is 11.8 Å². The third-order valence-electron chi connectivity index (χ3n) is 6.35. The van der Waals surface area contributed by atoms with E-state index >= 15 is 0 Å². The average Bonchev–Trinajstić information content (AvgIpc) is 3.12. The Bertz CT molecular complexity index is 521. The van der Waals surface area contributed by atoms with E-state index in [1.54, 1.807) is 10.4 Å². The van der Waals surface area contributed by atoms with Gasteiger partial charge < -0.3 is 0 Å². The van der Waals surface area contributed by atoms with Gasteiger partial charge in [-0.25, -0.2) is 0 Å². The van der Waals surface area contributed by atoms with Crippen LogP contribution in [-0.4, -0.2) is 8.07 Å². The molecule has 1 heteroatoms. The van der Waals surface area contributed by atoms with E-state index in [0.29, 0.717) is 0 Å². The third kappa shape index (κ3) is 2.16. The lowest BCUT2D eigenvalue weighted by atomic mass is 9.87. The molecule has 0 radical (unpaired) electrons. The van der Waals surface area contributed by atoms with Crippen molar-refractivity contribution in [3.63, 3.8) is 0 Å². The van der Waals surface area contributed by atoms with Crippen LogP contribution in [0.4, 0.5) is 0 Å². The van der Waals surface area contributed by atoms with Gasteiger partial charge in [-0.05, 0) is 50.4 Å². The quantitative estimate of drug-likeness (QED) is 0.558. The minimum Gasteiger partial charge on any atom is -0.0774 e. The molecule has 0 bridgehead atoms. The van der Waals surface area contributed by atoms with Gasteiger partial charge in [0.05, 0.1) is 0 Å². The summed E-state index contributed by atoms with van der Waals surface area (Å²) in [6.07, 6.45) is 21.4. The Morgan fingerprint density at radius 3 is 1.71 bits per heavy atom. The van der Waals surface area contributed by atoms with Crippen LogP contribution in [-0.2, 0) is 0 Å². The summed E-state index contributed by atoms with van der Waals surface area (Å²) in [5.41, 5.74) is 3.66. The van der Waals surface area contributed by atoms with E-state index in [0.717, 1.165) is 11.8 Å². The Kier molecular flexibility index (Phi) is 3.37. The molecular formula is C20H28Si. The molecule has 2 saturated carbocycles. The van der Waals surface area contributed by atoms with Crippen molar-refractivity contribution >= 4 is 8.07 Å². The predicted molar refractivity (Wildman–Crippen MR) is 93.7 cm³/mol. The van der Waals surface area contributed by atoms with Crippen LogP contribution in [0.5, 0.6) is 0 Å². The standard InChI is InChI=1S/C20H28Si/c1-21(2,19-13-11-15-7-3-5-9-17(15)19)20-14-12-16-8-4-6-10-18(16)20/h11-16H,3-10H2,1-2H3. The second-order valence-electron chi connectivity index (χ2n) is 7.93. The van der Waals surface area contributed by atoms with E-state index in [9.17, 15) is 0 Å². The summed E-state index contributed by atoms with van der Waals surface area (Å²) in [5, 5.41) is 3.59. The van der Waals surface area contributed by atoms with Crippen molar-refractivity contribution in [2.75, 3.05) is 0 Å². The second-order valence-corrected chi connectivity index (χ2v) is 12.3. The first-order chi connectivity index (χ1) is 10.2. The molecule has 0 amide bonds. The second kappa shape index (κ2) is 5.12. The smallest absolute Gasteiger partial charge is 0.0774 e. The van der Waals surface area contributed by atoms with E-state index < -0.39 is 8.07 Å². The fourth-order valence-electron chi connectivity index (χ4n) is 5.18. The first-order valence-electron chi connectivity index (χ1n) is 9.01. The van der Waals surface area contributed by atoms with Crippen LogP contribution in [0.15, 0.2) is 45.8 Å². The fraction of sp³-hybridized carbons (Fsp3) is 0.600. The number of hydrogen-bond acceptors (Lipinski definition) is 0. The van der Waals surface area contributed by atoms with Crippen molar-refractivity contribution in [1.29, 1.82) is 0 Å². The Hall–Kier alpha value is -0.823. The summed E-state index contributed by atoms with van der Waals surface area (Å²) in [6.45, 7) is 5.22. The van der Waals surface area contributed by atoms with Gasteiger partial charge >= 0.3 is 0 Å². The molecule has 0 saturated heterocycles. The average molecular weight is 297 g/mol. The molecule has 21 heavy (non-hydrogen) atoms. The number of rotatable bonds is 2. The zero-order chi connectivity index (χ0) is 14.4. The summed E-state index contributed by atoms with van der Waals surface area (Å²) >= 11 is 0. The minimum absolute atomic E-state index is 0.804. The first kappa shape index (κ1) is 13.8. The van der Waals surface area contributed by atoms with Gasteiger partial charge in [0.15, 0.2) is 0 Å². The van der Waals surface area contributed by atoms with Crippen LogP contribution in [0.1, 0.15) is 51.4 Å². The Balaban J connectivity index is 1.74. The Morgan fingerprint density at radius 2 is 1.24 bits per heavy atom. The molecule has 112 valence electrons. The van der Waals surface area contributed by atoms with Crippen molar-refractivity contribution in [3.05, 3.63) is 45.8 Å². The van der Waals surface area contributed by atoms with E-state index in [1.807, 2.05) is 11.1 Å². The van der Waals surface area contributed by atoms with Crippen LogP contribution < -0.4 is 0 Å². The highest BCUT2D eigenvalue weighted by Gasteiger charge is 2.39. The molecule has 0 aromatic rings. The molecule has 0 spiro atoms. The van der Waals surface area contributed by atoms with Gasteiger partial charge in [-0.15, -0.1) is 0 Å². The predicted octanol–water partition coefficient (Wildman–Crippen LogP) is 5.89. The van der Waals surface area contributed by atoms with E-state index in [-0.39, 0.29) is 0 Å². The van der Waals surface area contributed by atoms with Crippen molar-refractivity contribution in [2.24, 2.45) is 11.8 Å². The SMILES string of the molecule is C[Si](C)(C1=C2CCCCC2C=C1)C1=C2CCCCC2C=C1. The number of allylic oxidation sites excluding steroid dienone is 8. The monoisotopic (exact) mass is 296 g/mol. The summed E-state index contributed by atoms with van der Waals surface area (Å²) in [4.78, 5) is 0. The highest BCUT2D eigenvalue weighted by molar-refractivity contribution is 6.92. The highest BCUT2D eigenvalue weighted by atomic mass is 28.3. The molecule has 4 aliphatic rings. The molecule has 4 aliphatic carbocycles. The lowest BCUT2D eigenvalue weighted by Crippen LogP contribution is -2.33. The molecule has 0 nitrogen and oxygen atoms in total. The molecule has 2 unspecified atom stereocenters. The fourth-order valence-corrected chi connectivity index (χ4v) is 8.72. The van der Waals surface area contributed by atoms with Crippen molar-refractivity contribution in [2.45, 2.75) is 64.5 Å². The summed E-state index contributed by atoms with van der Waals surface area (Å²) in [7, 11) is -1.47. The molecule has 2 atom stereocenters.